The average molecular weight is 315 g/mol. The maximum atomic E-state index is 12.5. The molecule has 5 nitrogen and oxygen atoms in total. The fraction of sp³-hybridized carbons (Fsp3) is 0.538. The lowest BCUT2D eigenvalue weighted by Gasteiger charge is -2.33. The molecule has 1 aromatic carbocycles. The Morgan fingerprint density at radius 2 is 2.25 bits per heavy atom. The molecule has 1 aliphatic rings. The smallest absolute Gasteiger partial charge is 0.301 e. The lowest BCUT2D eigenvalue weighted by molar-refractivity contribution is 0.259. The summed E-state index contributed by atoms with van der Waals surface area (Å²) in [5.74, 6) is 0. The standard InChI is InChI=1S/C13H21N3O2S2/c1-19-13-7-4-5-11(9-13)15-20(17,18)16-8-3-2-6-12(16)10-14/h4-5,7,9,12,15H,2-3,6,8,10,14H2,1H3. The topological polar surface area (TPSA) is 75.4 Å². The number of hydrogen-bond acceptors (Lipinski definition) is 4. The van der Waals surface area contributed by atoms with Crippen molar-refractivity contribution < 1.29 is 8.42 Å². The van der Waals surface area contributed by atoms with Gasteiger partial charge in [-0.25, -0.2) is 0 Å². The van der Waals surface area contributed by atoms with Crippen LogP contribution < -0.4 is 10.5 Å². The molecule has 1 heterocycles. The summed E-state index contributed by atoms with van der Waals surface area (Å²) in [6, 6.07) is 7.30. The summed E-state index contributed by atoms with van der Waals surface area (Å²) < 4.78 is 29.1. The number of rotatable bonds is 5. The highest BCUT2D eigenvalue weighted by Crippen LogP contribution is 2.23. The first-order valence-corrected chi connectivity index (χ1v) is 9.37. The van der Waals surface area contributed by atoms with Gasteiger partial charge in [0.05, 0.1) is 5.69 Å². The molecule has 1 atom stereocenters. The lowest BCUT2D eigenvalue weighted by atomic mass is 10.1. The molecule has 7 heteroatoms. The minimum Gasteiger partial charge on any atom is -0.329 e. The number of thioether (sulfide) groups is 1. The van der Waals surface area contributed by atoms with Gasteiger partial charge in [0, 0.05) is 24.0 Å². The monoisotopic (exact) mass is 315 g/mol. The van der Waals surface area contributed by atoms with Crippen LogP contribution in [0.15, 0.2) is 29.2 Å². The SMILES string of the molecule is CSc1cccc(NS(=O)(=O)N2CCCCC2CN)c1. The van der Waals surface area contributed by atoms with Crippen LogP contribution in [0.4, 0.5) is 5.69 Å². The summed E-state index contributed by atoms with van der Waals surface area (Å²) in [6.07, 6.45) is 4.73. The maximum Gasteiger partial charge on any atom is 0.301 e. The van der Waals surface area contributed by atoms with E-state index < -0.39 is 10.2 Å². The summed E-state index contributed by atoms with van der Waals surface area (Å²) in [7, 11) is -3.53. The Morgan fingerprint density at radius 1 is 1.45 bits per heavy atom. The van der Waals surface area contributed by atoms with E-state index in [-0.39, 0.29) is 6.04 Å². The second-order valence-corrected chi connectivity index (χ2v) is 7.34. The van der Waals surface area contributed by atoms with Gasteiger partial charge in [0.1, 0.15) is 0 Å². The first kappa shape index (κ1) is 15.6. The molecule has 0 saturated carbocycles. The van der Waals surface area contributed by atoms with Gasteiger partial charge >= 0.3 is 10.2 Å². The van der Waals surface area contributed by atoms with Crippen molar-refractivity contribution in [2.24, 2.45) is 5.73 Å². The number of nitrogens with two attached hydrogens (primary N) is 1. The van der Waals surface area contributed by atoms with Crippen molar-refractivity contribution in [3.63, 3.8) is 0 Å². The van der Waals surface area contributed by atoms with E-state index in [2.05, 4.69) is 4.72 Å². The Balaban J connectivity index is 2.17. The largest absolute Gasteiger partial charge is 0.329 e. The molecule has 0 aliphatic carbocycles. The van der Waals surface area contributed by atoms with Gasteiger partial charge in [-0.3, -0.25) is 4.72 Å². The number of anilines is 1. The van der Waals surface area contributed by atoms with Gasteiger partial charge in [-0.05, 0) is 37.3 Å². The summed E-state index contributed by atoms with van der Waals surface area (Å²) >= 11 is 1.58. The normalized spacial score (nSPS) is 20.8. The van der Waals surface area contributed by atoms with Crippen LogP contribution in [0.25, 0.3) is 0 Å². The molecule has 0 amide bonds. The van der Waals surface area contributed by atoms with E-state index in [1.54, 1.807) is 17.8 Å². The molecule has 2 rings (SSSR count). The average Bonchev–Trinajstić information content (AvgIpc) is 2.47. The molecule has 1 fully saturated rings. The van der Waals surface area contributed by atoms with Crippen molar-refractivity contribution in [2.75, 3.05) is 24.1 Å². The fourth-order valence-corrected chi connectivity index (χ4v) is 4.38. The molecule has 20 heavy (non-hydrogen) atoms. The zero-order valence-corrected chi connectivity index (χ0v) is 13.2. The van der Waals surface area contributed by atoms with Gasteiger partial charge < -0.3 is 5.73 Å². The molecule has 0 bridgehead atoms. The summed E-state index contributed by atoms with van der Waals surface area (Å²) in [4.78, 5) is 1.03. The van der Waals surface area contributed by atoms with E-state index in [0.29, 0.717) is 18.8 Å². The third-order valence-corrected chi connectivity index (χ3v) is 5.79. The molecular formula is C13H21N3O2S2. The minimum atomic E-state index is -3.53. The Kier molecular flexibility index (Phi) is 5.31. The zero-order chi connectivity index (χ0) is 14.6. The predicted molar refractivity (Wildman–Crippen MR) is 84.2 cm³/mol. The second-order valence-electron chi connectivity index (χ2n) is 4.84. The van der Waals surface area contributed by atoms with Crippen molar-refractivity contribution >= 4 is 27.7 Å². The van der Waals surface area contributed by atoms with Crippen LogP contribution >= 0.6 is 11.8 Å². The van der Waals surface area contributed by atoms with E-state index in [1.807, 2.05) is 24.5 Å². The van der Waals surface area contributed by atoms with Crippen molar-refractivity contribution in [3.8, 4) is 0 Å². The van der Waals surface area contributed by atoms with E-state index in [1.165, 1.54) is 4.31 Å². The second kappa shape index (κ2) is 6.80. The highest BCUT2D eigenvalue weighted by atomic mass is 32.2. The number of nitrogens with one attached hydrogen (secondary N) is 1. The van der Waals surface area contributed by atoms with Crippen LogP contribution in [0.5, 0.6) is 0 Å². The van der Waals surface area contributed by atoms with Gasteiger partial charge in [-0.1, -0.05) is 12.5 Å². The maximum absolute atomic E-state index is 12.5. The highest BCUT2D eigenvalue weighted by molar-refractivity contribution is 7.98. The number of nitrogens with zero attached hydrogens (tertiary/aromatic N) is 1. The van der Waals surface area contributed by atoms with Crippen LogP contribution in [-0.2, 0) is 10.2 Å². The first-order chi connectivity index (χ1) is 9.56. The molecule has 0 radical (unpaired) electrons. The quantitative estimate of drug-likeness (QED) is 0.814. The summed E-state index contributed by atoms with van der Waals surface area (Å²) in [5.41, 5.74) is 6.29. The number of piperidine rings is 1. The molecule has 1 unspecified atom stereocenters. The minimum absolute atomic E-state index is 0.0926. The fourth-order valence-electron chi connectivity index (χ4n) is 2.42. The summed E-state index contributed by atoms with van der Waals surface area (Å²) in [5, 5.41) is 0. The third-order valence-electron chi connectivity index (χ3n) is 3.47. The van der Waals surface area contributed by atoms with E-state index in [9.17, 15) is 8.42 Å². The Labute approximate surface area is 125 Å². The van der Waals surface area contributed by atoms with Crippen molar-refractivity contribution in [1.29, 1.82) is 0 Å². The lowest BCUT2D eigenvalue weighted by Crippen LogP contribution is -2.49. The summed E-state index contributed by atoms with van der Waals surface area (Å²) in [6.45, 7) is 0.908. The van der Waals surface area contributed by atoms with Crippen molar-refractivity contribution in [3.05, 3.63) is 24.3 Å². The molecule has 0 aromatic heterocycles. The molecule has 1 aliphatic heterocycles. The first-order valence-electron chi connectivity index (χ1n) is 6.70. The Hall–Kier alpha value is -0.760. The van der Waals surface area contributed by atoms with Gasteiger partial charge in [0.25, 0.3) is 0 Å². The van der Waals surface area contributed by atoms with Gasteiger partial charge in [0.15, 0.2) is 0 Å². The van der Waals surface area contributed by atoms with Crippen LogP contribution in [0.2, 0.25) is 0 Å². The van der Waals surface area contributed by atoms with E-state index >= 15 is 0 Å². The van der Waals surface area contributed by atoms with E-state index in [0.717, 1.165) is 24.2 Å². The zero-order valence-electron chi connectivity index (χ0n) is 11.6. The molecule has 1 aromatic rings. The predicted octanol–water partition coefficient (Wildman–Crippen LogP) is 1.88. The van der Waals surface area contributed by atoms with Crippen LogP contribution in [0, 0.1) is 0 Å². The molecule has 112 valence electrons. The van der Waals surface area contributed by atoms with Crippen LogP contribution in [0.1, 0.15) is 19.3 Å². The molecular weight excluding hydrogens is 294 g/mol. The third kappa shape index (κ3) is 3.66. The Bertz CT molecular complexity index is 548. The molecule has 3 N–H and O–H groups in total. The van der Waals surface area contributed by atoms with Crippen molar-refractivity contribution in [2.45, 2.75) is 30.2 Å². The highest BCUT2D eigenvalue weighted by Gasteiger charge is 2.31. The number of benzene rings is 1. The number of hydrogen-bond donors (Lipinski definition) is 2. The van der Waals surface area contributed by atoms with Gasteiger partial charge in [-0.15, -0.1) is 11.8 Å². The van der Waals surface area contributed by atoms with Crippen molar-refractivity contribution in [1.82, 2.24) is 4.31 Å². The Morgan fingerprint density at radius 3 is 2.95 bits per heavy atom. The van der Waals surface area contributed by atoms with E-state index in [4.69, 9.17) is 5.73 Å². The van der Waals surface area contributed by atoms with Gasteiger partial charge in [0.2, 0.25) is 0 Å². The molecule has 1 saturated heterocycles. The molecule has 0 spiro atoms. The van der Waals surface area contributed by atoms with Gasteiger partial charge in [-0.2, -0.15) is 12.7 Å². The van der Waals surface area contributed by atoms with Crippen LogP contribution in [0.3, 0.4) is 0 Å². The van der Waals surface area contributed by atoms with Crippen LogP contribution in [-0.4, -0.2) is 38.1 Å².